The van der Waals surface area contributed by atoms with Gasteiger partial charge in [0.1, 0.15) is 0 Å². The zero-order valence-electron chi connectivity index (χ0n) is 12.2. The average molecular weight is 406 g/mol. The lowest BCUT2D eigenvalue weighted by Gasteiger charge is -2.11. The molecule has 6 nitrogen and oxygen atoms in total. The van der Waals surface area contributed by atoms with Gasteiger partial charge in [-0.3, -0.25) is 4.99 Å². The summed E-state index contributed by atoms with van der Waals surface area (Å²) in [6.07, 6.45) is 1.88. The summed E-state index contributed by atoms with van der Waals surface area (Å²) in [4.78, 5) is 4.42. The highest BCUT2D eigenvalue weighted by molar-refractivity contribution is 14.0. The Hall–Kier alpha value is -0.0900. The van der Waals surface area contributed by atoms with E-state index in [0.29, 0.717) is 19.0 Å². The van der Waals surface area contributed by atoms with Crippen LogP contribution in [-0.2, 0) is 10.0 Å². The Bertz CT molecular complexity index is 345. The van der Waals surface area contributed by atoms with Crippen LogP contribution in [0.3, 0.4) is 0 Å². The molecule has 0 saturated heterocycles. The van der Waals surface area contributed by atoms with Gasteiger partial charge in [-0.05, 0) is 19.3 Å². The van der Waals surface area contributed by atoms with Gasteiger partial charge >= 0.3 is 0 Å². The highest BCUT2D eigenvalue weighted by Crippen LogP contribution is 1.91. The van der Waals surface area contributed by atoms with Crippen LogP contribution >= 0.6 is 24.0 Å². The number of aliphatic imine (C=N–C) groups is 1. The highest BCUT2D eigenvalue weighted by Gasteiger charge is 2.00. The van der Waals surface area contributed by atoms with Gasteiger partial charge in [-0.15, -0.1) is 24.0 Å². The Morgan fingerprint density at radius 2 is 1.84 bits per heavy atom. The van der Waals surface area contributed by atoms with E-state index in [1.54, 1.807) is 0 Å². The zero-order valence-corrected chi connectivity index (χ0v) is 15.3. The van der Waals surface area contributed by atoms with Gasteiger partial charge in [-0.2, -0.15) is 0 Å². The predicted octanol–water partition coefficient (Wildman–Crippen LogP) is 0.755. The first-order chi connectivity index (χ1) is 8.35. The molecular formula is C11H27IN4O2S. The van der Waals surface area contributed by atoms with Crippen LogP contribution in [-0.4, -0.2) is 46.8 Å². The van der Waals surface area contributed by atoms with Crippen molar-refractivity contribution in [2.24, 2.45) is 10.9 Å². The van der Waals surface area contributed by atoms with E-state index in [1.165, 1.54) is 0 Å². The second-order valence-electron chi connectivity index (χ2n) is 4.56. The highest BCUT2D eigenvalue weighted by atomic mass is 127. The van der Waals surface area contributed by atoms with Crippen LogP contribution in [0.1, 0.15) is 27.2 Å². The smallest absolute Gasteiger partial charge is 0.208 e. The molecule has 3 N–H and O–H groups in total. The molecule has 116 valence electrons. The Labute approximate surface area is 134 Å². The van der Waals surface area contributed by atoms with Crippen molar-refractivity contribution in [1.82, 2.24) is 15.4 Å². The molecule has 8 heteroatoms. The fourth-order valence-corrected chi connectivity index (χ4v) is 1.68. The first-order valence-electron chi connectivity index (χ1n) is 6.32. The Morgan fingerprint density at radius 1 is 1.21 bits per heavy atom. The molecule has 0 aliphatic rings. The van der Waals surface area contributed by atoms with Crippen LogP contribution in [0.4, 0.5) is 0 Å². The molecule has 0 aliphatic carbocycles. The molecule has 0 bridgehead atoms. The summed E-state index contributed by atoms with van der Waals surface area (Å²) in [6.45, 7) is 8.95. The Morgan fingerprint density at radius 3 is 2.32 bits per heavy atom. The number of halogens is 1. The van der Waals surface area contributed by atoms with E-state index in [1.807, 2.05) is 6.92 Å². The number of rotatable bonds is 8. The third-order valence-corrected chi connectivity index (χ3v) is 2.70. The molecule has 0 aromatic carbocycles. The Kier molecular flexibility index (Phi) is 13.1. The molecule has 0 atom stereocenters. The van der Waals surface area contributed by atoms with Crippen molar-refractivity contribution in [3.8, 4) is 0 Å². The summed E-state index contributed by atoms with van der Waals surface area (Å²) in [6, 6.07) is 0. The molecule has 0 aliphatic heterocycles. The largest absolute Gasteiger partial charge is 0.357 e. The molecule has 0 spiro atoms. The maximum absolute atomic E-state index is 10.8. The third-order valence-electron chi connectivity index (χ3n) is 1.97. The van der Waals surface area contributed by atoms with Crippen molar-refractivity contribution in [2.75, 3.05) is 32.4 Å². The lowest BCUT2D eigenvalue weighted by Crippen LogP contribution is -2.39. The van der Waals surface area contributed by atoms with Gasteiger partial charge in [0.05, 0.1) is 6.26 Å². The molecule has 19 heavy (non-hydrogen) atoms. The SMILES string of the molecule is CCNC(=NCC(C)C)NCCCNS(C)(=O)=O.I. The monoisotopic (exact) mass is 406 g/mol. The van der Waals surface area contributed by atoms with Crippen LogP contribution in [0.15, 0.2) is 4.99 Å². The first kappa shape index (κ1) is 21.2. The minimum absolute atomic E-state index is 0. The zero-order chi connectivity index (χ0) is 14.0. The minimum atomic E-state index is -3.08. The molecule has 0 amide bonds. The molecule has 0 unspecified atom stereocenters. The predicted molar refractivity (Wildman–Crippen MR) is 91.7 cm³/mol. The molecule has 0 rings (SSSR count). The standard InChI is InChI=1S/C11H26N4O2S.HI/c1-5-12-11(14-9-10(2)3)13-7-6-8-15-18(4,16)17;/h10,15H,5-9H2,1-4H3,(H2,12,13,14);1H. The lowest BCUT2D eigenvalue weighted by atomic mass is 10.2. The second kappa shape index (κ2) is 11.7. The Balaban J connectivity index is 0. The molecular weight excluding hydrogens is 379 g/mol. The first-order valence-corrected chi connectivity index (χ1v) is 8.21. The second-order valence-corrected chi connectivity index (χ2v) is 6.39. The van der Waals surface area contributed by atoms with E-state index < -0.39 is 10.0 Å². The van der Waals surface area contributed by atoms with Crippen molar-refractivity contribution in [3.63, 3.8) is 0 Å². The van der Waals surface area contributed by atoms with Gasteiger partial charge in [0, 0.05) is 26.2 Å². The summed E-state index contributed by atoms with van der Waals surface area (Å²) < 4.78 is 24.1. The van der Waals surface area contributed by atoms with E-state index in [2.05, 4.69) is 34.2 Å². The molecule has 0 saturated carbocycles. The topological polar surface area (TPSA) is 82.6 Å². The van der Waals surface area contributed by atoms with Gasteiger partial charge in [-0.1, -0.05) is 13.8 Å². The summed E-state index contributed by atoms with van der Waals surface area (Å²) in [5.74, 6) is 1.30. The van der Waals surface area contributed by atoms with E-state index in [4.69, 9.17) is 0 Å². The van der Waals surface area contributed by atoms with E-state index in [-0.39, 0.29) is 24.0 Å². The van der Waals surface area contributed by atoms with Gasteiger partial charge < -0.3 is 10.6 Å². The van der Waals surface area contributed by atoms with Crippen molar-refractivity contribution in [3.05, 3.63) is 0 Å². The molecule has 0 heterocycles. The quantitative estimate of drug-likeness (QED) is 0.241. The summed E-state index contributed by atoms with van der Waals surface area (Å²) in [5.41, 5.74) is 0. The fraction of sp³-hybridized carbons (Fsp3) is 0.909. The number of nitrogens with one attached hydrogen (secondary N) is 3. The van der Waals surface area contributed by atoms with Gasteiger partial charge in [0.15, 0.2) is 5.96 Å². The minimum Gasteiger partial charge on any atom is -0.357 e. The number of guanidine groups is 1. The van der Waals surface area contributed by atoms with Crippen LogP contribution in [0, 0.1) is 5.92 Å². The van der Waals surface area contributed by atoms with Gasteiger partial charge in [0.2, 0.25) is 10.0 Å². The molecule has 0 radical (unpaired) electrons. The van der Waals surface area contributed by atoms with Crippen LogP contribution in [0.25, 0.3) is 0 Å². The average Bonchev–Trinajstić information content (AvgIpc) is 2.23. The normalized spacial score (nSPS) is 12.2. The van der Waals surface area contributed by atoms with Crippen molar-refractivity contribution >= 4 is 40.0 Å². The van der Waals surface area contributed by atoms with Crippen LogP contribution < -0.4 is 15.4 Å². The third kappa shape index (κ3) is 15.9. The number of hydrogen-bond donors (Lipinski definition) is 3. The molecule has 0 fully saturated rings. The van der Waals surface area contributed by atoms with E-state index in [0.717, 1.165) is 31.7 Å². The number of hydrogen-bond acceptors (Lipinski definition) is 3. The van der Waals surface area contributed by atoms with E-state index >= 15 is 0 Å². The number of sulfonamides is 1. The number of nitrogens with zero attached hydrogens (tertiary/aromatic N) is 1. The van der Waals surface area contributed by atoms with Crippen LogP contribution in [0.5, 0.6) is 0 Å². The van der Waals surface area contributed by atoms with Gasteiger partial charge in [0.25, 0.3) is 0 Å². The van der Waals surface area contributed by atoms with Crippen molar-refractivity contribution < 1.29 is 8.42 Å². The maximum atomic E-state index is 10.8. The summed E-state index contributed by atoms with van der Waals surface area (Å²) in [7, 11) is -3.08. The maximum Gasteiger partial charge on any atom is 0.208 e. The molecule has 0 aromatic heterocycles. The molecule has 0 aromatic rings. The summed E-state index contributed by atoms with van der Waals surface area (Å²) in [5, 5.41) is 6.31. The van der Waals surface area contributed by atoms with Crippen molar-refractivity contribution in [1.29, 1.82) is 0 Å². The van der Waals surface area contributed by atoms with Crippen molar-refractivity contribution in [2.45, 2.75) is 27.2 Å². The van der Waals surface area contributed by atoms with E-state index in [9.17, 15) is 8.42 Å². The fourth-order valence-electron chi connectivity index (χ4n) is 1.17. The lowest BCUT2D eigenvalue weighted by molar-refractivity contribution is 0.584. The van der Waals surface area contributed by atoms with Crippen LogP contribution in [0.2, 0.25) is 0 Å². The van der Waals surface area contributed by atoms with Gasteiger partial charge in [-0.25, -0.2) is 13.1 Å². The summed E-state index contributed by atoms with van der Waals surface area (Å²) >= 11 is 0.